The molecule has 2 aliphatic heterocycles. The maximum atomic E-state index is 14.0. The molecule has 0 aliphatic carbocycles. The Hall–Kier alpha value is -3.73. The largest absolute Gasteiger partial charge is 0.305 e. The molecule has 2 aliphatic rings. The first-order chi connectivity index (χ1) is 16.2. The van der Waals surface area contributed by atoms with Gasteiger partial charge in [-0.25, -0.2) is 0 Å². The predicted molar refractivity (Wildman–Crippen MR) is 132 cm³/mol. The van der Waals surface area contributed by atoms with E-state index in [1.165, 1.54) is 5.56 Å². The number of benzene rings is 3. The number of rotatable bonds is 3. The Morgan fingerprint density at radius 3 is 1.94 bits per heavy atom. The number of nitrogens with zero attached hydrogens (tertiary/aromatic N) is 2. The predicted octanol–water partition coefficient (Wildman–Crippen LogP) is 5.19. The van der Waals surface area contributed by atoms with Gasteiger partial charge in [0.25, 0.3) is 17.7 Å². The molecule has 34 heavy (non-hydrogen) atoms. The molecule has 0 saturated carbocycles. The Morgan fingerprint density at radius 1 is 0.794 bits per heavy atom. The minimum atomic E-state index is -0.930. The van der Waals surface area contributed by atoms with Crippen molar-refractivity contribution < 1.29 is 14.4 Å². The van der Waals surface area contributed by atoms with Crippen LogP contribution in [0.3, 0.4) is 0 Å². The normalized spacial score (nSPS) is 21.8. The monoisotopic (exact) mass is 452 g/mol. The van der Waals surface area contributed by atoms with E-state index in [1.807, 2.05) is 36.4 Å². The fraction of sp³-hybridized carbons (Fsp3) is 0.276. The second-order valence-corrected chi connectivity index (χ2v) is 10.1. The van der Waals surface area contributed by atoms with Crippen LogP contribution in [0.1, 0.15) is 66.0 Å². The van der Waals surface area contributed by atoms with Crippen molar-refractivity contribution in [3.05, 3.63) is 101 Å². The van der Waals surface area contributed by atoms with Crippen molar-refractivity contribution in [2.45, 2.75) is 51.1 Å². The third-order valence-corrected chi connectivity index (χ3v) is 7.33. The fourth-order valence-electron chi connectivity index (χ4n) is 5.84. The molecular formula is C29H28N2O3. The van der Waals surface area contributed by atoms with E-state index in [4.69, 9.17) is 0 Å². The van der Waals surface area contributed by atoms with Crippen LogP contribution < -0.4 is 4.90 Å². The zero-order chi connectivity index (χ0) is 24.3. The number of hydrogen-bond donors (Lipinski definition) is 0. The number of hydrogen-bond acceptors (Lipinski definition) is 3. The molecule has 3 aromatic carbocycles. The van der Waals surface area contributed by atoms with Gasteiger partial charge in [0.05, 0.1) is 11.1 Å². The first kappa shape index (κ1) is 22.1. The lowest BCUT2D eigenvalue weighted by molar-refractivity contribution is -0.123. The zero-order valence-electron chi connectivity index (χ0n) is 19.9. The second kappa shape index (κ2) is 7.66. The van der Waals surface area contributed by atoms with Crippen LogP contribution in [0.15, 0.2) is 78.9 Å². The molecule has 0 aromatic heterocycles. The highest BCUT2D eigenvalue weighted by Gasteiger charge is 2.50. The van der Waals surface area contributed by atoms with Crippen LogP contribution >= 0.6 is 0 Å². The summed E-state index contributed by atoms with van der Waals surface area (Å²) in [7, 11) is 0. The molecule has 3 amide bonds. The zero-order valence-corrected chi connectivity index (χ0v) is 19.9. The summed E-state index contributed by atoms with van der Waals surface area (Å²) in [4.78, 5) is 43.1. The average Bonchev–Trinajstić information content (AvgIpc) is 3.08. The van der Waals surface area contributed by atoms with Crippen molar-refractivity contribution in [1.29, 1.82) is 0 Å². The molecule has 0 fully saturated rings. The molecule has 5 heteroatoms. The summed E-state index contributed by atoms with van der Waals surface area (Å²) in [6.45, 7) is 7.97. The molecule has 0 N–H and O–H groups in total. The number of para-hydroxylation sites is 1. The topological polar surface area (TPSA) is 57.7 Å². The third kappa shape index (κ3) is 3.11. The minimum Gasteiger partial charge on any atom is -0.305 e. The summed E-state index contributed by atoms with van der Waals surface area (Å²) in [5, 5.41) is 0. The molecule has 172 valence electrons. The van der Waals surface area contributed by atoms with Gasteiger partial charge in [-0.05, 0) is 56.5 Å². The lowest BCUT2D eigenvalue weighted by Crippen LogP contribution is -2.60. The highest BCUT2D eigenvalue weighted by molar-refractivity contribution is 6.23. The van der Waals surface area contributed by atoms with Gasteiger partial charge in [-0.1, -0.05) is 67.6 Å². The van der Waals surface area contributed by atoms with Crippen LogP contribution in [0.2, 0.25) is 0 Å². The van der Waals surface area contributed by atoms with Crippen LogP contribution in [0.5, 0.6) is 0 Å². The first-order valence-corrected chi connectivity index (χ1v) is 11.6. The van der Waals surface area contributed by atoms with Crippen molar-refractivity contribution in [3.63, 3.8) is 0 Å². The summed E-state index contributed by atoms with van der Waals surface area (Å²) in [6.07, 6.45) is 0.696. The highest BCUT2D eigenvalue weighted by Crippen LogP contribution is 2.50. The number of carbonyl (C=O) groups excluding carboxylic acids is 3. The van der Waals surface area contributed by atoms with E-state index in [-0.39, 0.29) is 11.3 Å². The number of amides is 3. The van der Waals surface area contributed by atoms with Gasteiger partial charge >= 0.3 is 0 Å². The van der Waals surface area contributed by atoms with Crippen LogP contribution in [0.4, 0.5) is 5.69 Å². The van der Waals surface area contributed by atoms with E-state index >= 15 is 0 Å². The first-order valence-electron chi connectivity index (χ1n) is 11.6. The standard InChI is InChI=1S/C29H28N2O3/c1-19(30-26(33)21-14-8-9-15-22(21)27(30)34)25(32)31-24-17-11-10-16-23(24)29(4,18-28(31,2)3)20-12-6-5-7-13-20/h5-17,19H,18H2,1-4H3/t19-,29-/m0/s1. The number of anilines is 1. The number of imide groups is 1. The maximum Gasteiger partial charge on any atom is 0.262 e. The van der Waals surface area contributed by atoms with E-state index in [1.54, 1.807) is 36.1 Å². The SMILES string of the molecule is C[C@@H](C(=O)N1c2ccccc2[C@](C)(c2ccccc2)CC1(C)C)N1C(=O)c2ccccc2C1=O. The van der Waals surface area contributed by atoms with Crippen molar-refractivity contribution in [3.8, 4) is 0 Å². The van der Waals surface area contributed by atoms with E-state index in [2.05, 4.69) is 39.0 Å². The van der Waals surface area contributed by atoms with E-state index in [9.17, 15) is 14.4 Å². The molecule has 0 radical (unpaired) electrons. The molecule has 5 nitrogen and oxygen atoms in total. The smallest absolute Gasteiger partial charge is 0.262 e. The Bertz CT molecular complexity index is 1280. The number of carbonyl (C=O) groups is 3. The van der Waals surface area contributed by atoms with Gasteiger partial charge in [-0.2, -0.15) is 0 Å². The molecule has 2 atom stereocenters. The molecule has 0 spiro atoms. The van der Waals surface area contributed by atoms with Crippen LogP contribution in [0, 0.1) is 0 Å². The Labute approximate surface area is 200 Å². The van der Waals surface area contributed by atoms with E-state index < -0.39 is 23.4 Å². The average molecular weight is 453 g/mol. The van der Waals surface area contributed by atoms with Gasteiger partial charge in [0.1, 0.15) is 6.04 Å². The molecular weight excluding hydrogens is 424 g/mol. The van der Waals surface area contributed by atoms with Crippen molar-refractivity contribution in [2.75, 3.05) is 4.90 Å². The van der Waals surface area contributed by atoms with E-state index in [0.29, 0.717) is 17.5 Å². The van der Waals surface area contributed by atoms with Gasteiger partial charge < -0.3 is 4.90 Å². The number of fused-ring (bicyclic) bond motifs is 2. The van der Waals surface area contributed by atoms with Crippen LogP contribution in [0.25, 0.3) is 0 Å². The van der Waals surface area contributed by atoms with Crippen molar-refractivity contribution in [2.24, 2.45) is 0 Å². The Kier molecular flexibility index (Phi) is 4.97. The Morgan fingerprint density at radius 2 is 1.32 bits per heavy atom. The van der Waals surface area contributed by atoms with Gasteiger partial charge in [-0.3, -0.25) is 19.3 Å². The summed E-state index contributed by atoms with van der Waals surface area (Å²) < 4.78 is 0. The van der Waals surface area contributed by atoms with Gasteiger partial charge in [-0.15, -0.1) is 0 Å². The van der Waals surface area contributed by atoms with E-state index in [0.717, 1.165) is 16.2 Å². The maximum absolute atomic E-state index is 14.0. The lowest BCUT2D eigenvalue weighted by Gasteiger charge is -2.52. The summed E-state index contributed by atoms with van der Waals surface area (Å²) >= 11 is 0. The second-order valence-electron chi connectivity index (χ2n) is 10.1. The highest BCUT2D eigenvalue weighted by atomic mass is 16.2. The van der Waals surface area contributed by atoms with Crippen molar-refractivity contribution in [1.82, 2.24) is 4.90 Å². The van der Waals surface area contributed by atoms with Crippen LogP contribution in [-0.2, 0) is 10.2 Å². The van der Waals surface area contributed by atoms with Crippen LogP contribution in [-0.4, -0.2) is 34.2 Å². The molecule has 0 bridgehead atoms. The summed E-state index contributed by atoms with van der Waals surface area (Å²) in [6, 6.07) is 24.1. The summed E-state index contributed by atoms with van der Waals surface area (Å²) in [5.41, 5.74) is 2.92. The van der Waals surface area contributed by atoms with Gasteiger partial charge in [0, 0.05) is 16.6 Å². The fourth-order valence-corrected chi connectivity index (χ4v) is 5.84. The van der Waals surface area contributed by atoms with Gasteiger partial charge in [0.15, 0.2) is 0 Å². The molecule has 0 unspecified atom stereocenters. The third-order valence-electron chi connectivity index (χ3n) is 7.33. The summed E-state index contributed by atoms with van der Waals surface area (Å²) in [5.74, 6) is -1.10. The minimum absolute atomic E-state index is 0.262. The lowest BCUT2D eigenvalue weighted by atomic mass is 9.65. The Balaban J connectivity index is 1.57. The van der Waals surface area contributed by atoms with Gasteiger partial charge in [0.2, 0.25) is 0 Å². The van der Waals surface area contributed by atoms with Crippen molar-refractivity contribution >= 4 is 23.4 Å². The quantitative estimate of drug-likeness (QED) is 0.514. The molecule has 3 aromatic rings. The molecule has 0 saturated heterocycles. The molecule has 5 rings (SSSR count). The molecule has 2 heterocycles.